The molecule has 0 spiro atoms. The molecular formula is C26H19NO4. The Labute approximate surface area is 179 Å². The van der Waals surface area contributed by atoms with Crippen molar-refractivity contribution in [2.24, 2.45) is 7.05 Å². The van der Waals surface area contributed by atoms with Gasteiger partial charge in [0, 0.05) is 41.3 Å². The Morgan fingerprint density at radius 2 is 1.81 bits per heavy atom. The van der Waals surface area contributed by atoms with Crippen LogP contribution < -0.4 is 9.47 Å². The van der Waals surface area contributed by atoms with E-state index >= 15 is 0 Å². The molecule has 4 aromatic rings. The maximum Gasteiger partial charge on any atom is 0.231 e. The summed E-state index contributed by atoms with van der Waals surface area (Å²) < 4.78 is 13.5. The normalized spacial score (nSPS) is 14.0. The molecule has 0 fully saturated rings. The molecule has 5 nitrogen and oxygen atoms in total. The average molecular weight is 409 g/mol. The molecule has 0 aliphatic carbocycles. The Morgan fingerprint density at radius 1 is 1.03 bits per heavy atom. The van der Waals surface area contributed by atoms with E-state index in [1.165, 1.54) is 0 Å². The second-order valence-electron chi connectivity index (χ2n) is 7.39. The molecule has 5 heteroatoms. The van der Waals surface area contributed by atoms with Crippen molar-refractivity contribution >= 4 is 28.5 Å². The molecule has 0 saturated carbocycles. The predicted octanol–water partition coefficient (Wildman–Crippen LogP) is 5.06. The van der Waals surface area contributed by atoms with E-state index in [-0.39, 0.29) is 23.9 Å². The van der Waals surface area contributed by atoms with Gasteiger partial charge in [0.25, 0.3) is 0 Å². The van der Waals surface area contributed by atoms with Crippen LogP contribution in [0.2, 0.25) is 0 Å². The minimum Gasteiger partial charge on any atom is -0.485 e. The van der Waals surface area contributed by atoms with E-state index in [9.17, 15) is 9.59 Å². The first-order valence-corrected chi connectivity index (χ1v) is 9.93. The zero-order valence-corrected chi connectivity index (χ0v) is 16.9. The number of carbonyl (C=O) groups is 2. The van der Waals surface area contributed by atoms with Crippen LogP contribution >= 0.6 is 0 Å². The van der Waals surface area contributed by atoms with Crippen molar-refractivity contribution in [2.75, 3.05) is 6.61 Å². The van der Waals surface area contributed by atoms with Crippen molar-refractivity contribution in [1.82, 2.24) is 4.57 Å². The molecule has 1 aliphatic heterocycles. The number of para-hydroxylation sites is 1. The Bertz CT molecular complexity index is 1350. The fraction of sp³-hybridized carbons (Fsp3) is 0.0769. The van der Waals surface area contributed by atoms with Crippen LogP contribution in [0.15, 0.2) is 84.8 Å². The zero-order chi connectivity index (χ0) is 21.4. The van der Waals surface area contributed by atoms with Crippen LogP contribution in [0, 0.1) is 0 Å². The molecule has 0 atom stereocenters. The summed E-state index contributed by atoms with van der Waals surface area (Å²) in [5.41, 5.74) is 3.07. The van der Waals surface area contributed by atoms with Gasteiger partial charge in [0.2, 0.25) is 5.78 Å². The van der Waals surface area contributed by atoms with Gasteiger partial charge in [-0.1, -0.05) is 48.5 Å². The molecule has 0 amide bonds. The number of benzene rings is 3. The van der Waals surface area contributed by atoms with Crippen LogP contribution in [0.1, 0.15) is 26.3 Å². The molecule has 3 aromatic carbocycles. The largest absolute Gasteiger partial charge is 0.485 e. The highest BCUT2D eigenvalue weighted by Crippen LogP contribution is 2.35. The van der Waals surface area contributed by atoms with Crippen molar-refractivity contribution in [1.29, 1.82) is 0 Å². The summed E-state index contributed by atoms with van der Waals surface area (Å²) in [6, 6.07) is 22.0. The Kier molecular flexibility index (Phi) is 4.64. The van der Waals surface area contributed by atoms with E-state index in [0.29, 0.717) is 22.6 Å². The number of allylic oxidation sites excluding steroid dienone is 1. The van der Waals surface area contributed by atoms with Crippen LogP contribution in [-0.2, 0) is 7.05 Å². The van der Waals surface area contributed by atoms with E-state index < -0.39 is 0 Å². The van der Waals surface area contributed by atoms with Gasteiger partial charge < -0.3 is 14.0 Å². The highest BCUT2D eigenvalue weighted by Gasteiger charge is 2.28. The van der Waals surface area contributed by atoms with E-state index in [1.807, 2.05) is 60.3 Å². The number of hydrogen-bond donors (Lipinski definition) is 0. The third kappa shape index (κ3) is 3.51. The minimum atomic E-state index is -0.171. The van der Waals surface area contributed by atoms with Crippen LogP contribution in [0.5, 0.6) is 11.5 Å². The second kappa shape index (κ2) is 7.61. The zero-order valence-electron chi connectivity index (χ0n) is 16.9. The van der Waals surface area contributed by atoms with Gasteiger partial charge in [-0.15, -0.1) is 0 Å². The van der Waals surface area contributed by atoms with Crippen molar-refractivity contribution in [3.8, 4) is 11.5 Å². The Balaban J connectivity index is 1.36. The lowest BCUT2D eigenvalue weighted by Crippen LogP contribution is -2.11. The van der Waals surface area contributed by atoms with E-state index in [2.05, 4.69) is 0 Å². The number of ether oxygens (including phenoxy) is 2. The molecule has 0 bridgehead atoms. The van der Waals surface area contributed by atoms with E-state index in [4.69, 9.17) is 9.47 Å². The van der Waals surface area contributed by atoms with Gasteiger partial charge in [0.1, 0.15) is 11.5 Å². The fourth-order valence-corrected chi connectivity index (χ4v) is 3.74. The van der Waals surface area contributed by atoms with Crippen LogP contribution in [0.25, 0.3) is 17.0 Å². The summed E-state index contributed by atoms with van der Waals surface area (Å²) in [7, 11) is 1.97. The first-order chi connectivity index (χ1) is 15.1. The number of aromatic nitrogens is 1. The van der Waals surface area contributed by atoms with E-state index in [1.54, 1.807) is 36.4 Å². The molecule has 0 unspecified atom stereocenters. The monoisotopic (exact) mass is 409 g/mol. The summed E-state index contributed by atoms with van der Waals surface area (Å²) in [5.74, 6) is 0.886. The summed E-state index contributed by atoms with van der Waals surface area (Å²) in [5, 5.41) is 1.05. The summed E-state index contributed by atoms with van der Waals surface area (Å²) in [6.45, 7) is -0.0878. The molecule has 31 heavy (non-hydrogen) atoms. The van der Waals surface area contributed by atoms with Crippen LogP contribution in [-0.4, -0.2) is 22.7 Å². The van der Waals surface area contributed by atoms with E-state index in [0.717, 1.165) is 16.5 Å². The first-order valence-electron chi connectivity index (χ1n) is 9.93. The van der Waals surface area contributed by atoms with Crippen molar-refractivity contribution in [3.05, 3.63) is 101 Å². The van der Waals surface area contributed by atoms with Gasteiger partial charge in [-0.3, -0.25) is 9.59 Å². The molecule has 0 radical (unpaired) electrons. The van der Waals surface area contributed by atoms with Gasteiger partial charge in [0.15, 0.2) is 18.1 Å². The van der Waals surface area contributed by atoms with Gasteiger partial charge in [-0.2, -0.15) is 0 Å². The van der Waals surface area contributed by atoms with Gasteiger partial charge in [-0.25, -0.2) is 0 Å². The summed E-state index contributed by atoms with van der Waals surface area (Å²) >= 11 is 0. The number of nitrogens with zero attached hydrogens (tertiary/aromatic N) is 1. The lowest BCUT2D eigenvalue weighted by atomic mass is 10.1. The first kappa shape index (κ1) is 18.9. The lowest BCUT2D eigenvalue weighted by molar-refractivity contribution is 0.0921. The number of hydrogen-bond acceptors (Lipinski definition) is 4. The average Bonchev–Trinajstić information content (AvgIpc) is 3.29. The third-order valence-corrected chi connectivity index (χ3v) is 5.32. The molecule has 152 valence electrons. The second-order valence-corrected chi connectivity index (χ2v) is 7.39. The third-order valence-electron chi connectivity index (χ3n) is 5.32. The molecule has 0 N–H and O–H groups in total. The molecule has 0 saturated heterocycles. The molecule has 5 rings (SSSR count). The Hall–Kier alpha value is -4.12. The van der Waals surface area contributed by atoms with Crippen LogP contribution in [0.4, 0.5) is 0 Å². The minimum absolute atomic E-state index is 0.0878. The molecular weight excluding hydrogens is 390 g/mol. The lowest BCUT2D eigenvalue weighted by Gasteiger charge is -2.06. The highest BCUT2D eigenvalue weighted by atomic mass is 16.5. The standard InChI is InChI=1S/C26H19NO4/c1-27-15-18(20-9-5-6-10-22(20)27)13-25-26(29)21-12-11-19(14-24(21)31-25)30-16-23(28)17-7-3-2-4-8-17/h2-15H,16H2,1H3/b25-13-. The predicted molar refractivity (Wildman–Crippen MR) is 119 cm³/mol. The van der Waals surface area contributed by atoms with Crippen molar-refractivity contribution in [3.63, 3.8) is 0 Å². The topological polar surface area (TPSA) is 57.5 Å². The quantitative estimate of drug-likeness (QED) is 0.342. The summed E-state index contributed by atoms with van der Waals surface area (Å²) in [6.07, 6.45) is 3.74. The number of ketones is 2. The molecule has 1 aliphatic rings. The smallest absolute Gasteiger partial charge is 0.231 e. The fourth-order valence-electron chi connectivity index (χ4n) is 3.74. The van der Waals surface area contributed by atoms with Crippen molar-refractivity contribution < 1.29 is 19.1 Å². The van der Waals surface area contributed by atoms with Gasteiger partial charge >= 0.3 is 0 Å². The number of aryl methyl sites for hydroxylation is 1. The maximum absolute atomic E-state index is 12.8. The van der Waals surface area contributed by atoms with Crippen LogP contribution in [0.3, 0.4) is 0 Å². The number of rotatable bonds is 5. The van der Waals surface area contributed by atoms with Gasteiger partial charge in [0.05, 0.1) is 5.56 Å². The highest BCUT2D eigenvalue weighted by molar-refractivity contribution is 6.15. The van der Waals surface area contributed by atoms with Gasteiger partial charge in [-0.05, 0) is 24.3 Å². The summed E-state index contributed by atoms with van der Waals surface area (Å²) in [4.78, 5) is 25.1. The maximum atomic E-state index is 12.8. The Morgan fingerprint density at radius 3 is 2.65 bits per heavy atom. The number of carbonyl (C=O) groups excluding carboxylic acids is 2. The number of Topliss-reactive ketones (excluding diaryl/α,β-unsaturated/α-hetero) is 2. The molecule has 1 aromatic heterocycles. The van der Waals surface area contributed by atoms with Crippen molar-refractivity contribution in [2.45, 2.75) is 0 Å². The SMILES string of the molecule is Cn1cc(/C=C2\Oc3cc(OCC(=O)c4ccccc4)ccc3C2=O)c2ccccc21. The molecule has 2 heterocycles. The number of fused-ring (bicyclic) bond motifs is 2.